The molecule has 1 atom stereocenters. The molecule has 4 heteroatoms. The first-order valence-electron chi connectivity index (χ1n) is 6.17. The molecule has 0 amide bonds. The number of nitrogens with one attached hydrogen (secondary N) is 1. The molecule has 1 unspecified atom stereocenters. The molecule has 0 aromatic heterocycles. The summed E-state index contributed by atoms with van der Waals surface area (Å²) in [5.41, 5.74) is 0.944. The Balaban J connectivity index is 1.75. The smallest absolute Gasteiger partial charge is 0.143 e. The highest BCUT2D eigenvalue weighted by Gasteiger charge is 2.34. The van der Waals surface area contributed by atoms with Gasteiger partial charge in [-0.3, -0.25) is 0 Å². The van der Waals surface area contributed by atoms with Gasteiger partial charge >= 0.3 is 0 Å². The molecule has 0 radical (unpaired) electrons. The lowest BCUT2D eigenvalue weighted by Crippen LogP contribution is -2.51. The van der Waals surface area contributed by atoms with Crippen molar-refractivity contribution in [3.05, 3.63) is 29.0 Å². The minimum atomic E-state index is -0.328. The topological polar surface area (TPSA) is 15.3 Å². The molecule has 0 bridgehead atoms. The molecule has 1 N–H and O–H groups in total. The molecule has 0 spiro atoms. The highest BCUT2D eigenvalue weighted by Crippen LogP contribution is 2.34. The standard InChI is InChI=1S/C13H16ClFN2/c14-11-4-3-10(7-12(11)15)17-6-5-16-13(8-17)9-1-2-9/h3-4,7,9,13,16H,1-2,5-6,8H2. The first-order valence-corrected chi connectivity index (χ1v) is 6.55. The van der Waals surface area contributed by atoms with Crippen LogP contribution in [0.1, 0.15) is 12.8 Å². The number of hydrogen-bond donors (Lipinski definition) is 1. The van der Waals surface area contributed by atoms with Crippen LogP contribution in [0, 0.1) is 11.7 Å². The molecule has 2 nitrogen and oxygen atoms in total. The maximum atomic E-state index is 13.4. The molecule has 3 rings (SSSR count). The lowest BCUT2D eigenvalue weighted by atomic mass is 10.1. The summed E-state index contributed by atoms with van der Waals surface area (Å²) in [5, 5.41) is 3.74. The molecule has 92 valence electrons. The van der Waals surface area contributed by atoms with E-state index >= 15 is 0 Å². The largest absolute Gasteiger partial charge is 0.369 e. The van der Waals surface area contributed by atoms with Gasteiger partial charge in [0, 0.05) is 31.4 Å². The first-order chi connectivity index (χ1) is 8.24. The Morgan fingerprint density at radius 2 is 2.18 bits per heavy atom. The van der Waals surface area contributed by atoms with Gasteiger partial charge in [0.05, 0.1) is 5.02 Å². The number of hydrogen-bond acceptors (Lipinski definition) is 2. The van der Waals surface area contributed by atoms with Gasteiger partial charge in [-0.05, 0) is 37.0 Å². The van der Waals surface area contributed by atoms with Crippen LogP contribution in [0.5, 0.6) is 0 Å². The summed E-state index contributed by atoms with van der Waals surface area (Å²) in [6.45, 7) is 2.89. The lowest BCUT2D eigenvalue weighted by molar-refractivity contribution is 0.418. The summed E-state index contributed by atoms with van der Waals surface area (Å²) in [5.74, 6) is 0.501. The molecule has 1 aromatic rings. The van der Waals surface area contributed by atoms with Crippen molar-refractivity contribution >= 4 is 17.3 Å². The van der Waals surface area contributed by atoms with Crippen LogP contribution in [0.4, 0.5) is 10.1 Å². The van der Waals surface area contributed by atoms with E-state index in [4.69, 9.17) is 11.6 Å². The van der Waals surface area contributed by atoms with E-state index in [1.807, 2.05) is 6.07 Å². The van der Waals surface area contributed by atoms with Gasteiger partial charge in [0.1, 0.15) is 5.82 Å². The Labute approximate surface area is 106 Å². The Hall–Kier alpha value is -0.800. The maximum Gasteiger partial charge on any atom is 0.143 e. The van der Waals surface area contributed by atoms with Gasteiger partial charge in [0.2, 0.25) is 0 Å². The van der Waals surface area contributed by atoms with Crippen LogP contribution in [-0.4, -0.2) is 25.7 Å². The van der Waals surface area contributed by atoms with Crippen molar-refractivity contribution in [1.29, 1.82) is 0 Å². The summed E-state index contributed by atoms with van der Waals surface area (Å²) < 4.78 is 13.4. The van der Waals surface area contributed by atoms with Crippen LogP contribution in [0.2, 0.25) is 5.02 Å². The fourth-order valence-corrected chi connectivity index (χ4v) is 2.63. The van der Waals surface area contributed by atoms with Crippen LogP contribution < -0.4 is 10.2 Å². The van der Waals surface area contributed by atoms with Crippen molar-refractivity contribution in [2.24, 2.45) is 5.92 Å². The number of halogens is 2. The van der Waals surface area contributed by atoms with Crippen LogP contribution in [0.15, 0.2) is 18.2 Å². The summed E-state index contributed by atoms with van der Waals surface area (Å²) in [4.78, 5) is 2.25. The van der Waals surface area contributed by atoms with Gasteiger partial charge in [0.25, 0.3) is 0 Å². The first kappa shape index (κ1) is 11.3. The summed E-state index contributed by atoms with van der Waals surface area (Å²) >= 11 is 5.70. The van der Waals surface area contributed by atoms with E-state index in [1.54, 1.807) is 6.07 Å². The summed E-state index contributed by atoms with van der Waals surface area (Å²) in [6, 6.07) is 5.65. The van der Waals surface area contributed by atoms with E-state index in [9.17, 15) is 4.39 Å². The van der Waals surface area contributed by atoms with Crippen molar-refractivity contribution in [1.82, 2.24) is 5.32 Å². The monoisotopic (exact) mass is 254 g/mol. The Morgan fingerprint density at radius 1 is 1.35 bits per heavy atom. The van der Waals surface area contributed by atoms with E-state index in [1.165, 1.54) is 18.9 Å². The number of rotatable bonds is 2. The molecular formula is C13H16ClFN2. The van der Waals surface area contributed by atoms with Gasteiger partial charge in [-0.25, -0.2) is 4.39 Å². The van der Waals surface area contributed by atoms with Crippen LogP contribution >= 0.6 is 11.6 Å². The van der Waals surface area contributed by atoms with E-state index in [2.05, 4.69) is 10.2 Å². The zero-order valence-corrected chi connectivity index (χ0v) is 10.4. The highest BCUT2D eigenvalue weighted by molar-refractivity contribution is 6.30. The zero-order valence-electron chi connectivity index (χ0n) is 9.63. The van der Waals surface area contributed by atoms with Crippen molar-refractivity contribution in [2.75, 3.05) is 24.5 Å². The van der Waals surface area contributed by atoms with Crippen molar-refractivity contribution in [3.8, 4) is 0 Å². The SMILES string of the molecule is Fc1cc(N2CCNC(C3CC3)C2)ccc1Cl. The van der Waals surface area contributed by atoms with Gasteiger partial charge in [-0.1, -0.05) is 11.6 Å². The maximum absolute atomic E-state index is 13.4. The zero-order chi connectivity index (χ0) is 11.8. The second kappa shape index (κ2) is 4.46. The fraction of sp³-hybridized carbons (Fsp3) is 0.538. The molecule has 1 saturated heterocycles. The average molecular weight is 255 g/mol. The molecule has 2 fully saturated rings. The third kappa shape index (κ3) is 2.40. The summed E-state index contributed by atoms with van der Waals surface area (Å²) in [7, 11) is 0. The number of nitrogens with zero attached hydrogens (tertiary/aromatic N) is 1. The molecule has 1 aliphatic carbocycles. The quantitative estimate of drug-likeness (QED) is 0.873. The molecule has 17 heavy (non-hydrogen) atoms. The van der Waals surface area contributed by atoms with E-state index in [-0.39, 0.29) is 10.8 Å². The van der Waals surface area contributed by atoms with Crippen molar-refractivity contribution in [2.45, 2.75) is 18.9 Å². The molecule has 2 aliphatic rings. The highest BCUT2D eigenvalue weighted by atomic mass is 35.5. The molecule has 1 aliphatic heterocycles. The van der Waals surface area contributed by atoms with E-state index in [0.29, 0.717) is 6.04 Å². The second-order valence-corrected chi connectivity index (χ2v) is 5.35. The van der Waals surface area contributed by atoms with Crippen molar-refractivity contribution in [3.63, 3.8) is 0 Å². The average Bonchev–Trinajstić information content (AvgIpc) is 3.17. The Morgan fingerprint density at radius 3 is 2.88 bits per heavy atom. The molecular weight excluding hydrogens is 239 g/mol. The second-order valence-electron chi connectivity index (χ2n) is 4.94. The number of piperazine rings is 1. The predicted molar refractivity (Wildman–Crippen MR) is 68.1 cm³/mol. The number of benzene rings is 1. The molecule has 1 heterocycles. The normalized spacial score (nSPS) is 25.1. The Bertz CT molecular complexity index is 420. The van der Waals surface area contributed by atoms with Gasteiger partial charge < -0.3 is 10.2 Å². The van der Waals surface area contributed by atoms with Gasteiger partial charge in [-0.2, -0.15) is 0 Å². The van der Waals surface area contributed by atoms with Crippen LogP contribution in [0.3, 0.4) is 0 Å². The van der Waals surface area contributed by atoms with Crippen LogP contribution in [0.25, 0.3) is 0 Å². The van der Waals surface area contributed by atoms with E-state index < -0.39 is 0 Å². The summed E-state index contributed by atoms with van der Waals surface area (Å²) in [6.07, 6.45) is 2.67. The predicted octanol–water partition coefficient (Wildman–Crippen LogP) is 2.67. The third-order valence-corrected chi connectivity index (χ3v) is 3.97. The number of anilines is 1. The minimum Gasteiger partial charge on any atom is -0.369 e. The van der Waals surface area contributed by atoms with Crippen molar-refractivity contribution < 1.29 is 4.39 Å². The minimum absolute atomic E-state index is 0.197. The lowest BCUT2D eigenvalue weighted by Gasteiger charge is -2.35. The van der Waals surface area contributed by atoms with Gasteiger partial charge in [-0.15, -0.1) is 0 Å². The van der Waals surface area contributed by atoms with Crippen LogP contribution in [-0.2, 0) is 0 Å². The Kier molecular flexibility index (Phi) is 2.97. The third-order valence-electron chi connectivity index (χ3n) is 3.66. The molecule has 1 aromatic carbocycles. The van der Waals surface area contributed by atoms with Gasteiger partial charge in [0.15, 0.2) is 0 Å². The molecule has 1 saturated carbocycles. The fourth-order valence-electron chi connectivity index (χ4n) is 2.51. The van der Waals surface area contributed by atoms with E-state index in [0.717, 1.165) is 31.2 Å².